The van der Waals surface area contributed by atoms with Gasteiger partial charge in [-0.15, -0.1) is 0 Å². The Balaban J connectivity index is 0.00000114. The molecule has 3 atom stereocenters. The lowest BCUT2D eigenvalue weighted by atomic mass is 9.83. The quantitative estimate of drug-likeness (QED) is 0.380. The lowest BCUT2D eigenvalue weighted by Crippen LogP contribution is -2.49. The summed E-state index contributed by atoms with van der Waals surface area (Å²) in [5.74, 6) is 0.349. The molecule has 1 aliphatic rings. The molecule has 0 radical (unpaired) electrons. The SMILES string of the molecule is Cn1ncnc1CCNC(=O)[C@H]1CC[C@@H](O)[C@H](NC(=O)CCc2cnccn2)C1.O=CO. The van der Waals surface area contributed by atoms with E-state index < -0.39 is 12.1 Å². The zero-order valence-electron chi connectivity index (χ0n) is 17.9. The van der Waals surface area contributed by atoms with Gasteiger partial charge in [0, 0.05) is 50.9 Å². The Kier molecular flexibility index (Phi) is 10.2. The summed E-state index contributed by atoms with van der Waals surface area (Å²) in [6, 6.07) is -0.424. The third-order valence-electron chi connectivity index (χ3n) is 5.21. The molecule has 0 unspecified atom stereocenters. The van der Waals surface area contributed by atoms with Gasteiger partial charge >= 0.3 is 0 Å². The van der Waals surface area contributed by atoms with Gasteiger partial charge in [-0.1, -0.05) is 0 Å². The summed E-state index contributed by atoms with van der Waals surface area (Å²) in [7, 11) is 1.81. The molecule has 174 valence electrons. The summed E-state index contributed by atoms with van der Waals surface area (Å²) in [6.07, 6.45) is 8.49. The van der Waals surface area contributed by atoms with Crippen molar-refractivity contribution in [1.82, 2.24) is 35.4 Å². The number of carbonyl (C=O) groups is 3. The molecule has 0 spiro atoms. The minimum absolute atomic E-state index is 0.0575. The average Bonchev–Trinajstić information content (AvgIpc) is 3.19. The predicted octanol–water partition coefficient (Wildman–Crippen LogP) is -0.757. The number of aliphatic hydroxyl groups excluding tert-OH is 1. The number of hydrogen-bond acceptors (Lipinski definition) is 8. The van der Waals surface area contributed by atoms with Gasteiger partial charge in [-0.3, -0.25) is 29.0 Å². The number of nitrogens with zero attached hydrogens (tertiary/aromatic N) is 5. The molecule has 2 aromatic rings. The maximum Gasteiger partial charge on any atom is 0.290 e. The number of carbonyl (C=O) groups excluding carboxylic acids is 2. The van der Waals surface area contributed by atoms with E-state index in [1.807, 2.05) is 7.05 Å². The van der Waals surface area contributed by atoms with E-state index in [2.05, 4.69) is 30.7 Å². The van der Waals surface area contributed by atoms with Gasteiger partial charge in [0.1, 0.15) is 12.2 Å². The van der Waals surface area contributed by atoms with Crippen LogP contribution < -0.4 is 10.6 Å². The van der Waals surface area contributed by atoms with Gasteiger partial charge in [-0.05, 0) is 25.7 Å². The molecule has 0 aliphatic heterocycles. The van der Waals surface area contributed by atoms with Gasteiger partial charge in [0.05, 0.1) is 17.8 Å². The van der Waals surface area contributed by atoms with Crippen molar-refractivity contribution in [3.8, 4) is 0 Å². The number of aryl methyl sites for hydroxylation is 2. The first-order chi connectivity index (χ1) is 15.4. The van der Waals surface area contributed by atoms with Crippen molar-refractivity contribution < 1.29 is 24.6 Å². The number of amides is 2. The molecule has 2 heterocycles. The van der Waals surface area contributed by atoms with Crippen molar-refractivity contribution in [1.29, 1.82) is 0 Å². The van der Waals surface area contributed by atoms with Gasteiger partial charge in [-0.2, -0.15) is 5.10 Å². The van der Waals surface area contributed by atoms with Crippen molar-refractivity contribution in [3.63, 3.8) is 0 Å². The summed E-state index contributed by atoms with van der Waals surface area (Å²) in [5, 5.41) is 26.9. The van der Waals surface area contributed by atoms with Gasteiger partial charge in [0.15, 0.2) is 0 Å². The minimum atomic E-state index is -0.641. The largest absolute Gasteiger partial charge is 0.483 e. The summed E-state index contributed by atoms with van der Waals surface area (Å²) >= 11 is 0. The van der Waals surface area contributed by atoms with Crippen LogP contribution >= 0.6 is 0 Å². The van der Waals surface area contributed by atoms with Crippen LogP contribution in [0.1, 0.15) is 37.2 Å². The third kappa shape index (κ3) is 8.02. The maximum absolute atomic E-state index is 12.5. The molecule has 32 heavy (non-hydrogen) atoms. The molecule has 0 aromatic carbocycles. The minimum Gasteiger partial charge on any atom is -0.483 e. The Morgan fingerprint density at radius 3 is 2.69 bits per heavy atom. The van der Waals surface area contributed by atoms with E-state index in [0.717, 1.165) is 11.5 Å². The molecule has 4 N–H and O–H groups in total. The molecule has 2 amide bonds. The third-order valence-corrected chi connectivity index (χ3v) is 5.21. The smallest absolute Gasteiger partial charge is 0.290 e. The van der Waals surface area contributed by atoms with E-state index in [1.54, 1.807) is 23.3 Å². The van der Waals surface area contributed by atoms with E-state index in [4.69, 9.17) is 9.90 Å². The maximum atomic E-state index is 12.5. The summed E-state index contributed by atoms with van der Waals surface area (Å²) < 4.78 is 1.68. The summed E-state index contributed by atoms with van der Waals surface area (Å²) in [4.78, 5) is 45.4. The molecule has 12 nitrogen and oxygen atoms in total. The fourth-order valence-electron chi connectivity index (χ4n) is 3.52. The fourth-order valence-corrected chi connectivity index (χ4v) is 3.52. The van der Waals surface area contributed by atoms with Gasteiger partial charge in [-0.25, -0.2) is 4.98 Å². The highest BCUT2D eigenvalue weighted by Gasteiger charge is 2.33. The number of aliphatic hydroxyl groups is 1. The Morgan fingerprint density at radius 2 is 2.03 bits per heavy atom. The van der Waals surface area contributed by atoms with Crippen LogP contribution in [0.4, 0.5) is 0 Å². The second-order valence-corrected chi connectivity index (χ2v) is 7.39. The molecule has 1 aliphatic carbocycles. The molecular formula is C20H29N7O5. The van der Waals surface area contributed by atoms with Gasteiger partial charge in [0.2, 0.25) is 11.8 Å². The molecule has 3 rings (SSSR count). The number of carboxylic acid groups (broad SMARTS) is 1. The van der Waals surface area contributed by atoms with Crippen LogP contribution in [0.25, 0.3) is 0 Å². The average molecular weight is 447 g/mol. The topological polar surface area (TPSA) is 172 Å². The summed E-state index contributed by atoms with van der Waals surface area (Å²) in [5.41, 5.74) is 0.743. The number of nitrogens with one attached hydrogen (secondary N) is 2. The van der Waals surface area contributed by atoms with Gasteiger partial charge in [0.25, 0.3) is 6.47 Å². The van der Waals surface area contributed by atoms with Crippen molar-refractivity contribution >= 4 is 18.3 Å². The second-order valence-electron chi connectivity index (χ2n) is 7.39. The molecule has 0 saturated heterocycles. The number of hydrogen-bond donors (Lipinski definition) is 4. The lowest BCUT2D eigenvalue weighted by Gasteiger charge is -2.33. The molecule has 0 bridgehead atoms. The highest BCUT2D eigenvalue weighted by Crippen LogP contribution is 2.25. The highest BCUT2D eigenvalue weighted by molar-refractivity contribution is 5.79. The number of aromatic nitrogens is 5. The lowest BCUT2D eigenvalue weighted by molar-refractivity contribution is -0.129. The number of rotatable bonds is 8. The normalized spacial score (nSPS) is 19.9. The molecule has 2 aromatic heterocycles. The Morgan fingerprint density at radius 1 is 1.25 bits per heavy atom. The fraction of sp³-hybridized carbons (Fsp3) is 0.550. The van der Waals surface area contributed by atoms with E-state index in [0.29, 0.717) is 38.6 Å². The molecular weight excluding hydrogens is 418 g/mol. The van der Waals surface area contributed by atoms with Crippen LogP contribution in [-0.4, -0.2) is 71.9 Å². The zero-order chi connectivity index (χ0) is 23.3. The van der Waals surface area contributed by atoms with Crippen LogP contribution in [0.5, 0.6) is 0 Å². The van der Waals surface area contributed by atoms with Gasteiger partial charge < -0.3 is 20.8 Å². The first kappa shape index (κ1) is 24.9. The van der Waals surface area contributed by atoms with Crippen LogP contribution in [0.15, 0.2) is 24.9 Å². The second kappa shape index (κ2) is 13.1. The van der Waals surface area contributed by atoms with Crippen LogP contribution in [0.3, 0.4) is 0 Å². The standard InChI is InChI=1S/C19H27N7O3.CH2O2/c1-26-17(23-12-24-26)6-7-22-19(29)13-2-4-16(27)15(10-13)25-18(28)5-3-14-11-20-8-9-21-14;2-1-3/h8-9,11-13,15-16,27H,2-7,10H2,1H3,(H,22,29)(H,25,28);1H,(H,2,3)/t13-,15+,16+;/m0./s1. The Labute approximate surface area is 185 Å². The monoisotopic (exact) mass is 447 g/mol. The van der Waals surface area contributed by atoms with Crippen molar-refractivity contribution in [2.75, 3.05) is 6.54 Å². The summed E-state index contributed by atoms with van der Waals surface area (Å²) in [6.45, 7) is 0.222. The molecule has 1 fully saturated rings. The van der Waals surface area contributed by atoms with Crippen LogP contribution in [0, 0.1) is 5.92 Å². The highest BCUT2D eigenvalue weighted by atomic mass is 16.3. The Bertz CT molecular complexity index is 861. The van der Waals surface area contributed by atoms with E-state index in [1.165, 1.54) is 6.33 Å². The van der Waals surface area contributed by atoms with Crippen LogP contribution in [-0.2, 0) is 34.3 Å². The zero-order valence-corrected chi connectivity index (χ0v) is 17.9. The Hall–Kier alpha value is -3.41. The van der Waals surface area contributed by atoms with E-state index in [9.17, 15) is 14.7 Å². The first-order valence-electron chi connectivity index (χ1n) is 10.3. The van der Waals surface area contributed by atoms with Crippen molar-refractivity contribution in [3.05, 3.63) is 36.4 Å². The molecule has 1 saturated carbocycles. The van der Waals surface area contributed by atoms with Crippen LogP contribution in [0.2, 0.25) is 0 Å². The van der Waals surface area contributed by atoms with Crippen molar-refractivity contribution in [2.24, 2.45) is 13.0 Å². The van der Waals surface area contributed by atoms with Crippen molar-refractivity contribution in [2.45, 2.75) is 50.7 Å². The first-order valence-corrected chi connectivity index (χ1v) is 10.3. The van der Waals surface area contributed by atoms with E-state index in [-0.39, 0.29) is 30.6 Å². The predicted molar refractivity (Wildman–Crippen MR) is 112 cm³/mol. The van der Waals surface area contributed by atoms with E-state index >= 15 is 0 Å². The molecule has 12 heteroatoms.